The maximum Gasteiger partial charge on any atom is 0.203 e. The average molecular weight is 181 g/mol. The van der Waals surface area contributed by atoms with Crippen molar-refractivity contribution in [2.24, 2.45) is 0 Å². The summed E-state index contributed by atoms with van der Waals surface area (Å²) in [5, 5.41) is 0. The van der Waals surface area contributed by atoms with E-state index in [-0.39, 0.29) is 0 Å². The van der Waals surface area contributed by atoms with Crippen LogP contribution in [0.2, 0.25) is 0 Å². The van der Waals surface area contributed by atoms with E-state index in [0.29, 0.717) is 12.1 Å². The highest BCUT2D eigenvalue weighted by molar-refractivity contribution is 5.31. The first-order chi connectivity index (χ1) is 6.27. The van der Waals surface area contributed by atoms with E-state index in [1.807, 2.05) is 6.20 Å². The van der Waals surface area contributed by atoms with Gasteiger partial charge >= 0.3 is 0 Å². The van der Waals surface area contributed by atoms with Gasteiger partial charge in [0, 0.05) is 18.9 Å². The van der Waals surface area contributed by atoms with E-state index in [4.69, 9.17) is 4.74 Å². The number of ether oxygens (including phenoxy) is 1. The molecule has 2 unspecified atom stereocenters. The smallest absolute Gasteiger partial charge is 0.203 e. The summed E-state index contributed by atoms with van der Waals surface area (Å²) in [6, 6.07) is 0.405. The molecule has 1 fully saturated rings. The first-order valence-electron chi connectivity index (χ1n) is 4.65. The van der Waals surface area contributed by atoms with Crippen molar-refractivity contribution in [2.75, 3.05) is 18.1 Å². The maximum absolute atomic E-state index is 5.54. The summed E-state index contributed by atoms with van der Waals surface area (Å²) in [6.45, 7) is 5.92. The molecule has 0 bridgehead atoms. The second kappa shape index (κ2) is 3.38. The number of nitrogens with zero attached hydrogens (tertiary/aromatic N) is 2. The molecule has 1 aliphatic rings. The van der Waals surface area contributed by atoms with Gasteiger partial charge in [0.2, 0.25) is 5.95 Å². The van der Waals surface area contributed by atoms with Crippen LogP contribution in [0, 0.1) is 0 Å². The average Bonchev–Trinajstić information content (AvgIpc) is 2.61. The number of anilines is 1. The van der Waals surface area contributed by atoms with Gasteiger partial charge in [-0.1, -0.05) is 0 Å². The van der Waals surface area contributed by atoms with Gasteiger partial charge in [-0.25, -0.2) is 4.98 Å². The van der Waals surface area contributed by atoms with Crippen molar-refractivity contribution in [3.63, 3.8) is 0 Å². The molecule has 2 rings (SSSR count). The molecular formula is C9H15N3O. The van der Waals surface area contributed by atoms with Gasteiger partial charge in [0.05, 0.1) is 18.8 Å². The molecule has 0 saturated carbocycles. The second-order valence-corrected chi connectivity index (χ2v) is 3.56. The van der Waals surface area contributed by atoms with Gasteiger partial charge in [-0.05, 0) is 13.8 Å². The summed E-state index contributed by atoms with van der Waals surface area (Å²) < 4.78 is 5.54. The van der Waals surface area contributed by atoms with E-state index in [0.717, 1.165) is 19.1 Å². The summed E-state index contributed by atoms with van der Waals surface area (Å²) in [6.07, 6.45) is 3.92. The predicted octanol–water partition coefficient (Wildman–Crippen LogP) is 1.02. The Morgan fingerprint density at radius 3 is 3.15 bits per heavy atom. The number of morpholine rings is 1. The number of hydrogen-bond acceptors (Lipinski definition) is 3. The van der Waals surface area contributed by atoms with Crippen molar-refractivity contribution >= 4 is 5.95 Å². The lowest BCUT2D eigenvalue weighted by Gasteiger charge is -2.36. The van der Waals surface area contributed by atoms with Gasteiger partial charge in [0.15, 0.2) is 0 Å². The molecule has 1 aliphatic heterocycles. The van der Waals surface area contributed by atoms with Crippen LogP contribution in [0.4, 0.5) is 5.95 Å². The highest BCUT2D eigenvalue weighted by Crippen LogP contribution is 2.16. The molecule has 1 saturated heterocycles. The van der Waals surface area contributed by atoms with Crippen LogP contribution in [0.25, 0.3) is 0 Å². The van der Waals surface area contributed by atoms with Crippen LogP contribution < -0.4 is 4.90 Å². The van der Waals surface area contributed by atoms with Gasteiger partial charge in [-0.3, -0.25) is 0 Å². The quantitative estimate of drug-likeness (QED) is 0.703. The molecule has 0 aromatic carbocycles. The third kappa shape index (κ3) is 1.67. The number of aromatic nitrogens is 2. The summed E-state index contributed by atoms with van der Waals surface area (Å²) in [4.78, 5) is 9.60. The highest BCUT2D eigenvalue weighted by atomic mass is 16.5. The number of aromatic amines is 1. The highest BCUT2D eigenvalue weighted by Gasteiger charge is 2.24. The SMILES string of the molecule is CC1CN(c2ncc[nH]2)C(C)CO1. The third-order valence-electron chi connectivity index (χ3n) is 2.36. The molecule has 0 radical (unpaired) electrons. The van der Waals surface area contributed by atoms with E-state index in [2.05, 4.69) is 28.7 Å². The molecule has 0 spiro atoms. The zero-order valence-corrected chi connectivity index (χ0v) is 8.03. The minimum absolute atomic E-state index is 0.293. The Kier molecular flexibility index (Phi) is 2.22. The summed E-state index contributed by atoms with van der Waals surface area (Å²) in [5.74, 6) is 0.947. The zero-order chi connectivity index (χ0) is 9.26. The number of rotatable bonds is 1. The van der Waals surface area contributed by atoms with Crippen molar-refractivity contribution in [2.45, 2.75) is 26.0 Å². The van der Waals surface area contributed by atoms with Crippen molar-refractivity contribution in [3.8, 4) is 0 Å². The van der Waals surface area contributed by atoms with Crippen LogP contribution >= 0.6 is 0 Å². The van der Waals surface area contributed by atoms with Gasteiger partial charge in [0.25, 0.3) is 0 Å². The van der Waals surface area contributed by atoms with Crippen LogP contribution in [0.3, 0.4) is 0 Å². The molecule has 4 nitrogen and oxygen atoms in total. The fourth-order valence-electron chi connectivity index (χ4n) is 1.61. The molecule has 1 aromatic heterocycles. The minimum Gasteiger partial charge on any atom is -0.375 e. The van der Waals surface area contributed by atoms with Gasteiger partial charge < -0.3 is 14.6 Å². The second-order valence-electron chi connectivity index (χ2n) is 3.56. The number of H-pyrrole nitrogens is 1. The Bertz CT molecular complexity index is 260. The molecule has 2 heterocycles. The molecule has 1 aromatic rings. The largest absolute Gasteiger partial charge is 0.375 e. The van der Waals surface area contributed by atoms with Crippen molar-refractivity contribution in [1.82, 2.24) is 9.97 Å². The summed E-state index contributed by atoms with van der Waals surface area (Å²) in [7, 11) is 0. The Morgan fingerprint density at radius 2 is 2.46 bits per heavy atom. The fourth-order valence-corrected chi connectivity index (χ4v) is 1.61. The van der Waals surface area contributed by atoms with Gasteiger partial charge in [-0.15, -0.1) is 0 Å². The lowest BCUT2D eigenvalue weighted by Crippen LogP contribution is -2.47. The van der Waals surface area contributed by atoms with Crippen LogP contribution in [-0.4, -0.2) is 35.3 Å². The van der Waals surface area contributed by atoms with E-state index in [1.54, 1.807) is 6.20 Å². The third-order valence-corrected chi connectivity index (χ3v) is 2.36. The van der Waals surface area contributed by atoms with Crippen molar-refractivity contribution < 1.29 is 4.74 Å². The Hall–Kier alpha value is -1.03. The van der Waals surface area contributed by atoms with E-state index < -0.39 is 0 Å². The molecular weight excluding hydrogens is 166 g/mol. The Balaban J connectivity index is 2.12. The predicted molar refractivity (Wildman–Crippen MR) is 50.8 cm³/mol. The molecule has 1 N–H and O–H groups in total. The van der Waals surface area contributed by atoms with E-state index >= 15 is 0 Å². The summed E-state index contributed by atoms with van der Waals surface area (Å²) in [5.41, 5.74) is 0. The first kappa shape index (κ1) is 8.56. The Labute approximate surface area is 77.9 Å². The standard InChI is InChI=1S/C9H15N3O/c1-7-6-13-8(2)5-12(7)9-10-3-4-11-9/h3-4,7-8H,5-6H2,1-2H3,(H,10,11). The van der Waals surface area contributed by atoms with Crippen LogP contribution in [0.5, 0.6) is 0 Å². The first-order valence-corrected chi connectivity index (χ1v) is 4.65. The minimum atomic E-state index is 0.293. The lowest BCUT2D eigenvalue weighted by molar-refractivity contribution is 0.0337. The van der Waals surface area contributed by atoms with Crippen LogP contribution in [0.1, 0.15) is 13.8 Å². The number of imidazole rings is 1. The van der Waals surface area contributed by atoms with Crippen LogP contribution in [-0.2, 0) is 4.74 Å². The fraction of sp³-hybridized carbons (Fsp3) is 0.667. The normalized spacial score (nSPS) is 29.2. The van der Waals surface area contributed by atoms with E-state index in [9.17, 15) is 0 Å². The molecule has 72 valence electrons. The lowest BCUT2D eigenvalue weighted by atomic mass is 10.2. The molecule has 2 atom stereocenters. The summed E-state index contributed by atoms with van der Waals surface area (Å²) >= 11 is 0. The number of nitrogens with one attached hydrogen (secondary N) is 1. The van der Waals surface area contributed by atoms with Gasteiger partial charge in [0.1, 0.15) is 0 Å². The maximum atomic E-state index is 5.54. The number of hydrogen-bond donors (Lipinski definition) is 1. The molecule has 0 aliphatic carbocycles. The van der Waals surface area contributed by atoms with Crippen molar-refractivity contribution in [1.29, 1.82) is 0 Å². The van der Waals surface area contributed by atoms with E-state index in [1.165, 1.54) is 0 Å². The zero-order valence-electron chi connectivity index (χ0n) is 8.03. The monoisotopic (exact) mass is 181 g/mol. The van der Waals surface area contributed by atoms with Crippen molar-refractivity contribution in [3.05, 3.63) is 12.4 Å². The molecule has 13 heavy (non-hydrogen) atoms. The van der Waals surface area contributed by atoms with Gasteiger partial charge in [-0.2, -0.15) is 0 Å². The molecule has 4 heteroatoms. The topological polar surface area (TPSA) is 41.2 Å². The Morgan fingerprint density at radius 1 is 1.62 bits per heavy atom. The molecule has 0 amide bonds. The van der Waals surface area contributed by atoms with Crippen LogP contribution in [0.15, 0.2) is 12.4 Å².